The van der Waals surface area contributed by atoms with E-state index in [0.717, 1.165) is 72.3 Å². The van der Waals surface area contributed by atoms with Crippen LogP contribution in [-0.4, -0.2) is 11.2 Å². The highest BCUT2D eigenvalue weighted by Gasteiger charge is 2.18. The van der Waals surface area contributed by atoms with E-state index in [4.69, 9.17) is 9.15 Å². The Morgan fingerprint density at radius 1 is 0.500 bits per heavy atom. The molecule has 2 heterocycles. The Bertz CT molecular complexity index is 2890. The molecule has 0 amide bonds. The summed E-state index contributed by atoms with van der Waals surface area (Å²) >= 11 is 0. The average molecular weight is 671 g/mol. The number of ether oxygens (including phenoxy) is 1. The minimum atomic E-state index is 0.643. The zero-order valence-electron chi connectivity index (χ0n) is 28.7. The van der Waals surface area contributed by atoms with Gasteiger partial charge in [0, 0.05) is 49.7 Å². The van der Waals surface area contributed by atoms with E-state index in [2.05, 4.69) is 161 Å². The summed E-state index contributed by atoms with van der Waals surface area (Å²) in [7, 11) is 0. The van der Waals surface area contributed by atoms with Crippen LogP contribution in [0.5, 0.6) is 5.75 Å². The first-order chi connectivity index (χ1) is 25.7. The Balaban J connectivity index is 1.11. The minimum Gasteiger partial charge on any atom is -0.494 e. The molecule has 0 aliphatic heterocycles. The Labute approximate surface area is 301 Å². The van der Waals surface area contributed by atoms with E-state index < -0.39 is 0 Å². The summed E-state index contributed by atoms with van der Waals surface area (Å²) in [5, 5.41) is 7.00. The molecule has 2 aromatic heterocycles. The first kappa shape index (κ1) is 30.1. The van der Waals surface area contributed by atoms with Gasteiger partial charge >= 0.3 is 0 Å². The first-order valence-corrected chi connectivity index (χ1v) is 17.8. The fourth-order valence-corrected chi connectivity index (χ4v) is 7.74. The molecule has 0 fully saturated rings. The summed E-state index contributed by atoms with van der Waals surface area (Å²) < 4.78 is 14.6. The maximum Gasteiger partial charge on any atom is 0.143 e. The lowest BCUT2D eigenvalue weighted by Gasteiger charge is -2.25. The maximum absolute atomic E-state index is 6.49. The lowest BCUT2D eigenvalue weighted by molar-refractivity contribution is 0.340. The summed E-state index contributed by atoms with van der Waals surface area (Å²) in [6, 6.07) is 62.5. The molecule has 0 atom stereocenters. The number of furan rings is 1. The third-order valence-corrected chi connectivity index (χ3v) is 10.1. The molecule has 0 saturated heterocycles. The SMILES string of the molecule is CCOc1ccc(N(c2ccccc2)c2ccc(-c3ccc4c(c3)c3cc5ccc6c7ccccc7oc6c5cc3n4-c3ccccc3)cc2)cc1. The van der Waals surface area contributed by atoms with Crippen LogP contribution in [0.3, 0.4) is 0 Å². The second-order valence-corrected chi connectivity index (χ2v) is 13.2. The third-order valence-electron chi connectivity index (χ3n) is 10.1. The number of nitrogens with zero attached hydrogens (tertiary/aromatic N) is 2. The highest BCUT2D eigenvalue weighted by atomic mass is 16.5. The predicted molar refractivity (Wildman–Crippen MR) is 217 cm³/mol. The van der Waals surface area contributed by atoms with Crippen molar-refractivity contribution in [3.05, 3.63) is 176 Å². The van der Waals surface area contributed by atoms with E-state index >= 15 is 0 Å². The molecule has 0 unspecified atom stereocenters. The van der Waals surface area contributed by atoms with Crippen LogP contribution in [0, 0.1) is 0 Å². The number of rotatable bonds is 7. The van der Waals surface area contributed by atoms with Gasteiger partial charge in [0.1, 0.15) is 16.9 Å². The highest BCUT2D eigenvalue weighted by molar-refractivity contribution is 6.20. The van der Waals surface area contributed by atoms with Crippen LogP contribution >= 0.6 is 0 Å². The molecule has 4 nitrogen and oxygen atoms in total. The third kappa shape index (κ3) is 4.91. The van der Waals surface area contributed by atoms with Crippen molar-refractivity contribution in [2.75, 3.05) is 11.5 Å². The summed E-state index contributed by atoms with van der Waals surface area (Å²) in [5.74, 6) is 0.870. The van der Waals surface area contributed by atoms with Gasteiger partial charge in [0.15, 0.2) is 0 Å². The summed E-state index contributed by atoms with van der Waals surface area (Å²) in [6.45, 7) is 2.65. The summed E-state index contributed by atoms with van der Waals surface area (Å²) in [6.07, 6.45) is 0. The van der Waals surface area contributed by atoms with Crippen LogP contribution in [0.15, 0.2) is 180 Å². The number of aromatic nitrogens is 1. The monoisotopic (exact) mass is 670 g/mol. The minimum absolute atomic E-state index is 0.643. The first-order valence-electron chi connectivity index (χ1n) is 17.8. The van der Waals surface area contributed by atoms with Crippen LogP contribution < -0.4 is 9.64 Å². The molecule has 4 heteroatoms. The molecule has 10 rings (SSSR count). The molecule has 0 saturated carbocycles. The van der Waals surface area contributed by atoms with Crippen LogP contribution in [0.1, 0.15) is 6.92 Å². The van der Waals surface area contributed by atoms with Crippen molar-refractivity contribution in [2.24, 2.45) is 0 Å². The van der Waals surface area contributed by atoms with Gasteiger partial charge in [-0.3, -0.25) is 0 Å². The van der Waals surface area contributed by atoms with Crippen molar-refractivity contribution < 1.29 is 9.15 Å². The van der Waals surface area contributed by atoms with Crippen molar-refractivity contribution in [2.45, 2.75) is 6.92 Å². The van der Waals surface area contributed by atoms with E-state index in [1.807, 2.05) is 31.2 Å². The molecule has 0 aliphatic carbocycles. The van der Waals surface area contributed by atoms with Crippen molar-refractivity contribution in [1.29, 1.82) is 0 Å². The van der Waals surface area contributed by atoms with Crippen molar-refractivity contribution >= 4 is 71.6 Å². The Morgan fingerprint density at radius 2 is 1.15 bits per heavy atom. The summed E-state index contributed by atoms with van der Waals surface area (Å²) in [5.41, 5.74) is 10.9. The van der Waals surface area contributed by atoms with Crippen molar-refractivity contribution in [3.63, 3.8) is 0 Å². The molecule has 0 radical (unpaired) electrons. The molecular formula is C48H34N2O2. The maximum atomic E-state index is 6.49. The fourth-order valence-electron chi connectivity index (χ4n) is 7.74. The Hall–Kier alpha value is -6.78. The van der Waals surface area contributed by atoms with Crippen LogP contribution in [0.2, 0.25) is 0 Å². The van der Waals surface area contributed by atoms with Gasteiger partial charge in [-0.2, -0.15) is 0 Å². The topological polar surface area (TPSA) is 30.5 Å². The molecule has 248 valence electrons. The van der Waals surface area contributed by atoms with Gasteiger partial charge in [0.2, 0.25) is 0 Å². The van der Waals surface area contributed by atoms with Gasteiger partial charge < -0.3 is 18.6 Å². The standard InChI is InChI=1S/C48H34N2O2/c1-2-51-39-25-23-38(24-26-39)49(35-11-5-3-6-12-35)37-21-17-32(18-22-37)33-20-28-45-43(29-33)44-30-34-19-27-41-40-15-9-10-16-47(40)52-48(41)42(34)31-46(44)50(45)36-13-7-4-8-14-36/h3-31H,2H2,1H3. The van der Waals surface area contributed by atoms with Gasteiger partial charge in [-0.05, 0) is 120 Å². The van der Waals surface area contributed by atoms with Crippen LogP contribution in [0.25, 0.3) is 71.3 Å². The van der Waals surface area contributed by atoms with E-state index in [0.29, 0.717) is 6.61 Å². The van der Waals surface area contributed by atoms with E-state index in [1.54, 1.807) is 0 Å². The number of anilines is 3. The number of fused-ring (bicyclic) bond motifs is 8. The van der Waals surface area contributed by atoms with Gasteiger partial charge in [-0.15, -0.1) is 0 Å². The molecule has 10 aromatic rings. The van der Waals surface area contributed by atoms with E-state index in [1.165, 1.54) is 21.9 Å². The predicted octanol–water partition coefficient (Wildman–Crippen LogP) is 13.4. The molecule has 52 heavy (non-hydrogen) atoms. The largest absolute Gasteiger partial charge is 0.494 e. The quantitative estimate of drug-likeness (QED) is 0.169. The van der Waals surface area contributed by atoms with Gasteiger partial charge in [-0.25, -0.2) is 0 Å². The number of benzene rings is 8. The molecular weight excluding hydrogens is 637 g/mol. The highest BCUT2D eigenvalue weighted by Crippen LogP contribution is 2.41. The van der Waals surface area contributed by atoms with Crippen molar-refractivity contribution in [3.8, 4) is 22.6 Å². The zero-order valence-corrected chi connectivity index (χ0v) is 28.7. The zero-order chi connectivity index (χ0) is 34.6. The van der Waals surface area contributed by atoms with Gasteiger partial charge in [0.25, 0.3) is 0 Å². The molecule has 0 bridgehead atoms. The smallest absolute Gasteiger partial charge is 0.143 e. The number of hydrogen-bond acceptors (Lipinski definition) is 3. The molecule has 0 aliphatic rings. The normalized spacial score (nSPS) is 11.6. The van der Waals surface area contributed by atoms with Gasteiger partial charge in [0.05, 0.1) is 17.6 Å². The van der Waals surface area contributed by atoms with Gasteiger partial charge in [-0.1, -0.05) is 78.9 Å². The van der Waals surface area contributed by atoms with Crippen LogP contribution in [0.4, 0.5) is 17.1 Å². The summed E-state index contributed by atoms with van der Waals surface area (Å²) in [4.78, 5) is 2.28. The van der Waals surface area contributed by atoms with E-state index in [9.17, 15) is 0 Å². The second-order valence-electron chi connectivity index (χ2n) is 13.2. The molecule has 8 aromatic carbocycles. The fraction of sp³-hybridized carbons (Fsp3) is 0.0417. The second kappa shape index (κ2) is 12.2. The van der Waals surface area contributed by atoms with Crippen molar-refractivity contribution in [1.82, 2.24) is 4.57 Å². The van der Waals surface area contributed by atoms with Crippen LogP contribution in [-0.2, 0) is 0 Å². The lowest BCUT2D eigenvalue weighted by atomic mass is 10.00. The number of para-hydroxylation sites is 3. The molecule has 0 N–H and O–H groups in total. The number of hydrogen-bond donors (Lipinski definition) is 0. The Morgan fingerprint density at radius 3 is 1.92 bits per heavy atom. The lowest BCUT2D eigenvalue weighted by Crippen LogP contribution is -2.09. The van der Waals surface area contributed by atoms with E-state index in [-0.39, 0.29) is 0 Å². The Kier molecular flexibility index (Phi) is 7.07. The average Bonchev–Trinajstić information content (AvgIpc) is 3.74. The molecule has 0 spiro atoms.